The molecule has 0 radical (unpaired) electrons. The van der Waals surface area contributed by atoms with Gasteiger partial charge in [-0.2, -0.15) is 13.2 Å². The summed E-state index contributed by atoms with van der Waals surface area (Å²) < 4.78 is 42.3. The van der Waals surface area contributed by atoms with Gasteiger partial charge in [-0.25, -0.2) is 0 Å². The van der Waals surface area contributed by atoms with Crippen LogP contribution in [0.1, 0.15) is 5.56 Å². The van der Waals surface area contributed by atoms with Crippen LogP contribution in [-0.4, -0.2) is 7.11 Å². The van der Waals surface area contributed by atoms with E-state index in [9.17, 15) is 13.2 Å². The molecular weight excluding hydrogens is 329 g/mol. The molecule has 0 aliphatic heterocycles. The molecule has 78 valence electrons. The van der Waals surface area contributed by atoms with Gasteiger partial charge in [0.2, 0.25) is 0 Å². The highest BCUT2D eigenvalue weighted by molar-refractivity contribution is 9.13. The van der Waals surface area contributed by atoms with Crippen LogP contribution in [0.25, 0.3) is 0 Å². The second kappa shape index (κ2) is 4.10. The van der Waals surface area contributed by atoms with E-state index in [1.807, 2.05) is 0 Å². The molecule has 0 aliphatic rings. The summed E-state index contributed by atoms with van der Waals surface area (Å²) in [6, 6.07) is 2.40. The van der Waals surface area contributed by atoms with E-state index in [1.54, 1.807) is 0 Å². The van der Waals surface area contributed by atoms with Gasteiger partial charge in [0.15, 0.2) is 0 Å². The first-order valence-corrected chi connectivity index (χ1v) is 5.05. The summed E-state index contributed by atoms with van der Waals surface area (Å²) in [5, 5.41) is 0. The van der Waals surface area contributed by atoms with Crippen molar-refractivity contribution >= 4 is 31.9 Å². The van der Waals surface area contributed by atoms with Gasteiger partial charge in [0.1, 0.15) is 5.75 Å². The lowest BCUT2D eigenvalue weighted by molar-refractivity contribution is -0.138. The monoisotopic (exact) mass is 332 g/mol. The van der Waals surface area contributed by atoms with E-state index in [-0.39, 0.29) is 10.2 Å². The van der Waals surface area contributed by atoms with Gasteiger partial charge in [0.25, 0.3) is 0 Å². The van der Waals surface area contributed by atoms with Gasteiger partial charge in [-0.05, 0) is 44.0 Å². The molecule has 0 atom stereocenters. The van der Waals surface area contributed by atoms with Crippen LogP contribution in [-0.2, 0) is 6.18 Å². The highest BCUT2D eigenvalue weighted by atomic mass is 79.9. The van der Waals surface area contributed by atoms with Crippen LogP contribution in [0, 0.1) is 0 Å². The van der Waals surface area contributed by atoms with Crippen molar-refractivity contribution in [3.8, 4) is 5.75 Å². The Morgan fingerprint density at radius 1 is 1.21 bits per heavy atom. The third-order valence-corrected chi connectivity index (χ3v) is 3.55. The fourth-order valence-corrected chi connectivity index (χ4v) is 1.78. The highest BCUT2D eigenvalue weighted by Crippen LogP contribution is 2.40. The zero-order chi connectivity index (χ0) is 10.9. The summed E-state index contributed by atoms with van der Waals surface area (Å²) in [7, 11) is 1.32. The number of hydrogen-bond acceptors (Lipinski definition) is 1. The third kappa shape index (κ3) is 2.42. The number of ether oxygens (including phenoxy) is 1. The Hall–Kier alpha value is -0.230. The maximum absolute atomic E-state index is 12.4. The zero-order valence-electron chi connectivity index (χ0n) is 6.95. The number of benzene rings is 1. The van der Waals surface area contributed by atoms with Gasteiger partial charge >= 0.3 is 6.18 Å². The van der Waals surface area contributed by atoms with Crippen LogP contribution in [0.2, 0.25) is 0 Å². The second-order valence-electron chi connectivity index (χ2n) is 2.47. The van der Waals surface area contributed by atoms with E-state index in [0.29, 0.717) is 4.47 Å². The van der Waals surface area contributed by atoms with Crippen LogP contribution in [0.4, 0.5) is 13.2 Å². The number of methoxy groups -OCH3 is 1. The third-order valence-electron chi connectivity index (χ3n) is 1.54. The van der Waals surface area contributed by atoms with Gasteiger partial charge in [-0.15, -0.1) is 0 Å². The highest BCUT2D eigenvalue weighted by Gasteiger charge is 2.34. The van der Waals surface area contributed by atoms with Crippen LogP contribution in [0.15, 0.2) is 21.1 Å². The van der Waals surface area contributed by atoms with E-state index in [0.717, 1.165) is 6.07 Å². The Labute approximate surface area is 95.5 Å². The first kappa shape index (κ1) is 11.8. The van der Waals surface area contributed by atoms with Crippen molar-refractivity contribution < 1.29 is 17.9 Å². The Morgan fingerprint density at radius 3 is 2.21 bits per heavy atom. The quantitative estimate of drug-likeness (QED) is 0.747. The smallest absolute Gasteiger partial charge is 0.417 e. The molecule has 14 heavy (non-hydrogen) atoms. The van der Waals surface area contributed by atoms with Crippen LogP contribution < -0.4 is 4.74 Å². The standard InChI is InChI=1S/C8H5Br2F3O/c1-14-4-2-5(8(11,12)13)7(10)6(9)3-4/h2-3H,1H3. The average molecular weight is 334 g/mol. The Morgan fingerprint density at radius 2 is 1.79 bits per heavy atom. The molecular formula is C8H5Br2F3O. The van der Waals surface area contributed by atoms with Crippen LogP contribution >= 0.6 is 31.9 Å². The number of hydrogen-bond donors (Lipinski definition) is 0. The lowest BCUT2D eigenvalue weighted by atomic mass is 10.2. The molecule has 1 nitrogen and oxygen atoms in total. The summed E-state index contributed by atoms with van der Waals surface area (Å²) in [4.78, 5) is 0. The van der Waals surface area contributed by atoms with E-state index >= 15 is 0 Å². The van der Waals surface area contributed by atoms with Crippen molar-refractivity contribution in [1.82, 2.24) is 0 Å². The summed E-state index contributed by atoms with van der Waals surface area (Å²) >= 11 is 5.86. The number of rotatable bonds is 1. The van der Waals surface area contributed by atoms with Crippen molar-refractivity contribution in [2.75, 3.05) is 7.11 Å². The Balaban J connectivity index is 3.35. The average Bonchev–Trinajstić information content (AvgIpc) is 2.07. The summed E-state index contributed by atoms with van der Waals surface area (Å²) in [6.45, 7) is 0. The van der Waals surface area contributed by atoms with Crippen LogP contribution in [0.5, 0.6) is 5.75 Å². The zero-order valence-corrected chi connectivity index (χ0v) is 10.1. The van der Waals surface area contributed by atoms with E-state index in [4.69, 9.17) is 4.74 Å². The molecule has 1 rings (SSSR count). The molecule has 0 saturated carbocycles. The molecule has 0 aromatic heterocycles. The predicted octanol–water partition coefficient (Wildman–Crippen LogP) is 4.24. The molecule has 0 bridgehead atoms. The molecule has 0 heterocycles. The predicted molar refractivity (Wildman–Crippen MR) is 53.4 cm³/mol. The maximum Gasteiger partial charge on any atom is 0.417 e. The topological polar surface area (TPSA) is 9.23 Å². The normalized spacial score (nSPS) is 11.6. The van der Waals surface area contributed by atoms with Gasteiger partial charge in [0, 0.05) is 8.95 Å². The first-order chi connectivity index (χ1) is 6.36. The van der Waals surface area contributed by atoms with Crippen molar-refractivity contribution in [3.63, 3.8) is 0 Å². The Bertz CT molecular complexity index is 349. The fourth-order valence-electron chi connectivity index (χ4n) is 0.888. The molecule has 0 aliphatic carbocycles. The van der Waals surface area contributed by atoms with E-state index in [2.05, 4.69) is 31.9 Å². The van der Waals surface area contributed by atoms with Crippen LogP contribution in [0.3, 0.4) is 0 Å². The molecule has 0 unspecified atom stereocenters. The molecule has 6 heteroatoms. The lowest BCUT2D eigenvalue weighted by Gasteiger charge is -2.12. The van der Waals surface area contributed by atoms with Gasteiger partial charge in [-0.3, -0.25) is 0 Å². The molecule has 0 fully saturated rings. The van der Waals surface area contributed by atoms with Gasteiger partial charge in [-0.1, -0.05) is 0 Å². The summed E-state index contributed by atoms with van der Waals surface area (Å²) in [5.41, 5.74) is -0.760. The molecule has 1 aromatic carbocycles. The van der Waals surface area contributed by atoms with Crippen molar-refractivity contribution in [1.29, 1.82) is 0 Å². The second-order valence-corrected chi connectivity index (χ2v) is 4.12. The SMILES string of the molecule is COc1cc(Br)c(Br)c(C(F)(F)F)c1. The largest absolute Gasteiger partial charge is 0.497 e. The van der Waals surface area contributed by atoms with Crippen molar-refractivity contribution in [3.05, 3.63) is 26.6 Å². The Kier molecular flexibility index (Phi) is 3.47. The summed E-state index contributed by atoms with van der Waals surface area (Å²) in [5.74, 6) is 0.160. The number of halogens is 5. The summed E-state index contributed by atoms with van der Waals surface area (Å²) in [6.07, 6.45) is -4.39. The van der Waals surface area contributed by atoms with Gasteiger partial charge < -0.3 is 4.74 Å². The molecule has 0 N–H and O–H groups in total. The van der Waals surface area contributed by atoms with E-state index < -0.39 is 11.7 Å². The van der Waals surface area contributed by atoms with Gasteiger partial charge in [0.05, 0.1) is 12.7 Å². The van der Waals surface area contributed by atoms with E-state index in [1.165, 1.54) is 13.2 Å². The first-order valence-electron chi connectivity index (χ1n) is 3.46. The molecule has 0 saturated heterocycles. The van der Waals surface area contributed by atoms with Crippen molar-refractivity contribution in [2.45, 2.75) is 6.18 Å². The molecule has 0 amide bonds. The minimum atomic E-state index is -4.39. The van der Waals surface area contributed by atoms with Crippen molar-refractivity contribution in [2.24, 2.45) is 0 Å². The maximum atomic E-state index is 12.4. The minimum Gasteiger partial charge on any atom is -0.497 e. The lowest BCUT2D eigenvalue weighted by Crippen LogP contribution is -2.06. The minimum absolute atomic E-state index is 0.0224. The number of alkyl halides is 3. The molecule has 1 aromatic rings. The molecule has 0 spiro atoms. The fraction of sp³-hybridized carbons (Fsp3) is 0.250.